The van der Waals surface area contributed by atoms with Gasteiger partial charge in [0.1, 0.15) is 7.11 Å². The van der Waals surface area contributed by atoms with E-state index in [2.05, 4.69) is 9.99 Å². The van der Waals surface area contributed by atoms with Crippen LogP contribution < -0.4 is 0 Å². The molecule has 1 radical (unpaired) electrons. The van der Waals surface area contributed by atoms with Gasteiger partial charge in [0, 0.05) is 45.9 Å². The summed E-state index contributed by atoms with van der Waals surface area (Å²) < 4.78 is 29.8. The van der Waals surface area contributed by atoms with Crippen molar-refractivity contribution in [3.63, 3.8) is 0 Å². The second-order valence-corrected chi connectivity index (χ2v) is 6.13. The molecule has 0 heterocycles. The van der Waals surface area contributed by atoms with Gasteiger partial charge in [-0.05, 0) is 0 Å². The molecule has 0 unspecified atom stereocenters. The second-order valence-electron chi connectivity index (χ2n) is 2.78. The third kappa shape index (κ3) is 7.07. The largest absolute Gasteiger partial charge is 0.399 e. The third-order valence-corrected chi connectivity index (χ3v) is 3.59. The van der Waals surface area contributed by atoms with E-state index in [9.17, 15) is 8.42 Å². The molecule has 5 nitrogen and oxygen atoms in total. The number of oxime groups is 1. The summed E-state index contributed by atoms with van der Waals surface area (Å²) in [6, 6.07) is 9.01. The maximum atomic E-state index is 10.6. The topological polar surface area (TPSA) is 76.0 Å². The molecule has 0 spiro atoms. The molecule has 1 rings (SSSR count). The zero-order valence-corrected chi connectivity index (χ0v) is 13.2. The molecule has 0 aliphatic carbocycles. The Bertz CT molecular complexity index is 461. The van der Waals surface area contributed by atoms with Crippen LogP contribution in [0.2, 0.25) is 0 Å². The van der Waals surface area contributed by atoms with Crippen LogP contribution in [0.3, 0.4) is 0 Å². The van der Waals surface area contributed by atoms with Crippen LogP contribution in [-0.4, -0.2) is 61.1 Å². The van der Waals surface area contributed by atoms with Gasteiger partial charge in [-0.2, -0.15) is 8.42 Å². The Morgan fingerprint density at radius 1 is 1.41 bits per heavy atom. The summed E-state index contributed by atoms with van der Waals surface area (Å²) in [7, 11) is -2.30. The molecule has 1 aromatic carbocycles. The molecule has 0 aliphatic heterocycles. The van der Waals surface area contributed by atoms with Crippen molar-refractivity contribution in [3.05, 3.63) is 35.9 Å². The summed E-state index contributed by atoms with van der Waals surface area (Å²) in [6.07, 6.45) is 0. The predicted octanol–water partition coefficient (Wildman–Crippen LogP) is 1.19. The molecule has 0 saturated carbocycles. The van der Waals surface area contributed by atoms with Gasteiger partial charge in [-0.3, -0.25) is 4.55 Å². The van der Waals surface area contributed by atoms with E-state index in [0.29, 0.717) is 16.5 Å². The molecule has 0 bridgehead atoms. The van der Waals surface area contributed by atoms with Gasteiger partial charge < -0.3 is 4.84 Å². The van der Waals surface area contributed by atoms with E-state index >= 15 is 0 Å². The molecule has 0 fully saturated rings. The molecule has 1 N–H and O–H groups in total. The number of hydrogen-bond acceptors (Lipinski definition) is 5. The van der Waals surface area contributed by atoms with E-state index in [4.69, 9.17) is 4.55 Å². The molecule has 0 saturated heterocycles. The van der Waals surface area contributed by atoms with Crippen molar-refractivity contribution in [2.45, 2.75) is 0 Å². The molecule has 0 amide bonds. The van der Waals surface area contributed by atoms with E-state index < -0.39 is 9.15 Å². The van der Waals surface area contributed by atoms with Crippen LogP contribution in [-0.2, 0) is 14.0 Å². The summed E-state index contributed by atoms with van der Waals surface area (Å²) in [4.78, 5) is 4.62. The van der Waals surface area contributed by atoms with Crippen LogP contribution >= 0.6 is 10.8 Å². The van der Waals surface area contributed by atoms with Crippen molar-refractivity contribution < 1.29 is 17.8 Å². The number of rotatable bonds is 5. The van der Waals surface area contributed by atoms with E-state index in [-0.39, 0.29) is 35.3 Å². The Morgan fingerprint density at radius 2 is 2.00 bits per heavy atom. The van der Waals surface area contributed by atoms with Crippen LogP contribution in [0.1, 0.15) is 5.56 Å². The first-order valence-electron chi connectivity index (χ1n) is 4.30. The van der Waals surface area contributed by atoms with Gasteiger partial charge in [0.15, 0.2) is 0 Å². The minimum absolute atomic E-state index is 0. The van der Waals surface area contributed by atoms with Crippen LogP contribution in [0.15, 0.2) is 35.5 Å². The standard InChI is InChI=1S/C9H11NO4S2.Na/c1-14-10-9(7-15-16(11,12)13)8-5-3-2-4-6-8;/h2-6H,7H2,1H3,(H,11,12,13);. The summed E-state index contributed by atoms with van der Waals surface area (Å²) in [5.41, 5.74) is 1.20. The molecule has 17 heavy (non-hydrogen) atoms. The smallest absolute Gasteiger partial charge is 0.320 e. The summed E-state index contributed by atoms with van der Waals surface area (Å²) >= 11 is 0. The minimum Gasteiger partial charge on any atom is -0.399 e. The van der Waals surface area contributed by atoms with E-state index in [1.165, 1.54) is 7.11 Å². The molecule has 1 aromatic rings. The summed E-state index contributed by atoms with van der Waals surface area (Å²) in [5, 5.41) is 3.72. The van der Waals surface area contributed by atoms with Crippen molar-refractivity contribution >= 4 is 55.2 Å². The molecule has 8 heteroatoms. The van der Waals surface area contributed by atoms with Crippen molar-refractivity contribution in [2.75, 3.05) is 12.9 Å². The normalized spacial score (nSPS) is 11.8. The molecule has 89 valence electrons. The number of benzene rings is 1. The number of nitrogens with zero attached hydrogens (tertiary/aromatic N) is 1. The van der Waals surface area contributed by atoms with Gasteiger partial charge in [0.2, 0.25) is 0 Å². The van der Waals surface area contributed by atoms with Crippen molar-refractivity contribution in [2.24, 2.45) is 5.16 Å². The first-order valence-corrected chi connectivity index (χ1v) is 7.24. The van der Waals surface area contributed by atoms with Gasteiger partial charge in [0.05, 0.1) is 11.5 Å². The zero-order valence-electron chi connectivity index (χ0n) is 9.53. The SMILES string of the molecule is CON=C(CSS(=O)(=O)O)c1ccccc1.[Na]. The fourth-order valence-electron chi connectivity index (χ4n) is 1.03. The molecular weight excluding hydrogens is 273 g/mol. The Balaban J connectivity index is 0.00000256. The number of hydrogen-bond donors (Lipinski definition) is 1. The molecule has 0 aliphatic rings. The average Bonchev–Trinajstić information content (AvgIpc) is 2.24. The van der Waals surface area contributed by atoms with E-state index in [1.54, 1.807) is 24.3 Å². The molecule has 0 atom stereocenters. The maximum absolute atomic E-state index is 10.6. The van der Waals surface area contributed by atoms with Crippen LogP contribution in [0.4, 0.5) is 0 Å². The quantitative estimate of drug-likeness (QED) is 0.289. The van der Waals surface area contributed by atoms with Crippen LogP contribution in [0, 0.1) is 0 Å². The Labute approximate surface area is 126 Å². The molecule has 0 aromatic heterocycles. The van der Waals surface area contributed by atoms with Gasteiger partial charge in [-0.15, -0.1) is 0 Å². The Morgan fingerprint density at radius 3 is 2.47 bits per heavy atom. The fraction of sp³-hybridized carbons (Fsp3) is 0.222. The van der Waals surface area contributed by atoms with Crippen molar-refractivity contribution in [1.82, 2.24) is 0 Å². The molecular formula is C9H11NNaO4S2. The van der Waals surface area contributed by atoms with Crippen molar-refractivity contribution in [3.8, 4) is 0 Å². The van der Waals surface area contributed by atoms with Gasteiger partial charge in [-0.1, -0.05) is 35.5 Å². The Hall–Kier alpha value is -0.0500. The third-order valence-electron chi connectivity index (χ3n) is 1.65. The van der Waals surface area contributed by atoms with E-state index in [0.717, 1.165) is 5.56 Å². The Kier molecular flexibility index (Phi) is 8.10. The predicted molar refractivity (Wildman–Crippen MR) is 69.7 cm³/mol. The monoisotopic (exact) mass is 284 g/mol. The fourth-order valence-corrected chi connectivity index (χ4v) is 2.30. The first kappa shape index (κ1) is 16.9. The summed E-state index contributed by atoms with van der Waals surface area (Å²) in [5.74, 6) is 0.0245. The zero-order chi connectivity index (χ0) is 12.0. The van der Waals surface area contributed by atoms with Crippen LogP contribution in [0.25, 0.3) is 0 Å². The van der Waals surface area contributed by atoms with Crippen molar-refractivity contribution in [1.29, 1.82) is 0 Å². The second kappa shape index (κ2) is 8.12. The van der Waals surface area contributed by atoms with Gasteiger partial charge >= 0.3 is 9.15 Å². The first-order chi connectivity index (χ1) is 7.53. The van der Waals surface area contributed by atoms with Gasteiger partial charge in [0.25, 0.3) is 0 Å². The van der Waals surface area contributed by atoms with Gasteiger partial charge in [-0.25, -0.2) is 0 Å². The van der Waals surface area contributed by atoms with E-state index in [1.807, 2.05) is 6.07 Å². The van der Waals surface area contributed by atoms with Crippen LogP contribution in [0.5, 0.6) is 0 Å². The average molecular weight is 284 g/mol. The maximum Gasteiger partial charge on any atom is 0.320 e. The minimum atomic E-state index is -4.07. The summed E-state index contributed by atoms with van der Waals surface area (Å²) in [6.45, 7) is 0.